The van der Waals surface area contributed by atoms with Crippen molar-refractivity contribution in [3.05, 3.63) is 27.1 Å². The van der Waals surface area contributed by atoms with E-state index in [-0.39, 0.29) is 4.90 Å². The highest BCUT2D eigenvalue weighted by atomic mass is 79.9. The molecule has 0 radical (unpaired) electrons. The first-order chi connectivity index (χ1) is 6.47. The minimum atomic E-state index is -3.50. The summed E-state index contributed by atoms with van der Waals surface area (Å²) in [5.74, 6) is -0.512. The molecular weight excluding hydrogens is 334 g/mol. The van der Waals surface area contributed by atoms with Crippen LogP contribution in [-0.2, 0) is 9.84 Å². The number of halogens is 2. The van der Waals surface area contributed by atoms with E-state index in [2.05, 4.69) is 31.9 Å². The Labute approximate surface area is 98.9 Å². The minimum absolute atomic E-state index is 0.133. The Bertz CT molecular complexity index is 491. The van der Waals surface area contributed by atoms with Gasteiger partial charge in [-0.25, -0.2) is 8.42 Å². The maximum Gasteiger partial charge on any atom is 0.192 e. The van der Waals surface area contributed by atoms with E-state index in [9.17, 15) is 8.42 Å². The van der Waals surface area contributed by atoms with Crippen molar-refractivity contribution in [2.45, 2.75) is 4.90 Å². The molecule has 0 atom stereocenters. The normalized spacial score (nSPS) is 10.9. The van der Waals surface area contributed by atoms with Crippen molar-refractivity contribution in [3.8, 4) is 6.07 Å². The molecule has 1 aromatic carbocycles. The molecule has 1 rings (SSSR count). The smallest absolute Gasteiger partial charge is 0.192 e. The Morgan fingerprint density at radius 2 is 2.00 bits per heavy atom. The summed E-state index contributed by atoms with van der Waals surface area (Å²) in [5.41, 5.74) is 0. The molecule has 0 aliphatic heterocycles. The summed E-state index contributed by atoms with van der Waals surface area (Å²) in [6.07, 6.45) is 0. The summed E-state index contributed by atoms with van der Waals surface area (Å²) in [7, 11) is -3.50. The zero-order valence-electron chi connectivity index (χ0n) is 6.87. The topological polar surface area (TPSA) is 57.9 Å². The van der Waals surface area contributed by atoms with Gasteiger partial charge in [0.1, 0.15) is 5.75 Å². The van der Waals surface area contributed by atoms with Gasteiger partial charge in [-0.3, -0.25) is 0 Å². The van der Waals surface area contributed by atoms with E-state index in [0.717, 1.165) is 0 Å². The SMILES string of the molecule is N#CCS(=O)(=O)c1cc(Br)ccc1Br. The number of benzene rings is 1. The lowest BCUT2D eigenvalue weighted by atomic mass is 10.4. The number of nitriles is 1. The van der Waals surface area contributed by atoms with Crippen molar-refractivity contribution in [3.63, 3.8) is 0 Å². The molecule has 0 saturated carbocycles. The van der Waals surface area contributed by atoms with Crippen molar-refractivity contribution >= 4 is 41.7 Å². The van der Waals surface area contributed by atoms with E-state index >= 15 is 0 Å². The highest BCUT2D eigenvalue weighted by Crippen LogP contribution is 2.26. The number of sulfone groups is 1. The van der Waals surface area contributed by atoms with Crippen molar-refractivity contribution in [2.75, 3.05) is 5.75 Å². The Hall–Kier alpha value is -0.380. The predicted octanol–water partition coefficient (Wildman–Crippen LogP) is 2.51. The summed E-state index contributed by atoms with van der Waals surface area (Å²) in [4.78, 5) is 0.133. The average Bonchev–Trinajstić information content (AvgIpc) is 2.09. The van der Waals surface area contributed by atoms with Crippen LogP contribution in [0.4, 0.5) is 0 Å². The Morgan fingerprint density at radius 3 is 2.57 bits per heavy atom. The largest absolute Gasteiger partial charge is 0.223 e. The Balaban J connectivity index is 3.33. The first-order valence-electron chi connectivity index (χ1n) is 3.52. The molecule has 6 heteroatoms. The fraction of sp³-hybridized carbons (Fsp3) is 0.125. The van der Waals surface area contributed by atoms with Gasteiger partial charge in [0.2, 0.25) is 0 Å². The number of rotatable bonds is 2. The van der Waals surface area contributed by atoms with Crippen molar-refractivity contribution < 1.29 is 8.42 Å². The third kappa shape index (κ3) is 2.56. The van der Waals surface area contributed by atoms with Gasteiger partial charge in [0.15, 0.2) is 9.84 Å². The molecule has 0 aliphatic rings. The molecule has 1 aromatic rings. The summed E-state index contributed by atoms with van der Waals surface area (Å²) in [6, 6.07) is 6.44. The molecule has 0 spiro atoms. The van der Waals surface area contributed by atoms with E-state index in [4.69, 9.17) is 5.26 Å². The van der Waals surface area contributed by atoms with E-state index < -0.39 is 15.6 Å². The van der Waals surface area contributed by atoms with Gasteiger partial charge in [0.05, 0.1) is 11.0 Å². The monoisotopic (exact) mass is 337 g/mol. The van der Waals surface area contributed by atoms with E-state index in [1.165, 1.54) is 6.07 Å². The lowest BCUT2D eigenvalue weighted by Crippen LogP contribution is -2.05. The zero-order chi connectivity index (χ0) is 10.8. The van der Waals surface area contributed by atoms with E-state index in [1.54, 1.807) is 18.2 Å². The van der Waals surface area contributed by atoms with Crippen LogP contribution in [0.5, 0.6) is 0 Å². The van der Waals surface area contributed by atoms with Gasteiger partial charge < -0.3 is 0 Å². The predicted molar refractivity (Wildman–Crippen MR) is 59.5 cm³/mol. The molecule has 74 valence electrons. The highest BCUT2D eigenvalue weighted by molar-refractivity contribution is 9.11. The highest BCUT2D eigenvalue weighted by Gasteiger charge is 2.17. The number of nitrogens with zero attached hydrogens (tertiary/aromatic N) is 1. The molecule has 3 nitrogen and oxygen atoms in total. The van der Waals surface area contributed by atoms with E-state index in [1.807, 2.05) is 0 Å². The van der Waals surface area contributed by atoms with Crippen LogP contribution >= 0.6 is 31.9 Å². The van der Waals surface area contributed by atoms with Gasteiger partial charge in [0, 0.05) is 8.95 Å². The molecular formula is C8H5Br2NO2S. The quantitative estimate of drug-likeness (QED) is 0.832. The van der Waals surface area contributed by atoms with Crippen molar-refractivity contribution in [2.24, 2.45) is 0 Å². The summed E-state index contributed by atoms with van der Waals surface area (Å²) >= 11 is 6.30. The molecule has 0 bridgehead atoms. The van der Waals surface area contributed by atoms with Crippen molar-refractivity contribution in [1.29, 1.82) is 5.26 Å². The summed E-state index contributed by atoms with van der Waals surface area (Å²) < 4.78 is 24.2. The fourth-order valence-electron chi connectivity index (χ4n) is 0.878. The second-order valence-corrected chi connectivity index (χ2v) is 6.22. The van der Waals surface area contributed by atoms with Gasteiger partial charge in [-0.15, -0.1) is 0 Å². The third-order valence-corrected chi connectivity index (χ3v) is 4.45. The molecule has 0 saturated heterocycles. The van der Waals surface area contributed by atoms with Gasteiger partial charge in [0.25, 0.3) is 0 Å². The standard InChI is InChI=1S/C8H5Br2NO2S/c9-6-1-2-7(10)8(5-6)14(12,13)4-3-11/h1-2,5H,4H2. The molecule has 0 unspecified atom stereocenters. The molecule has 0 N–H and O–H groups in total. The Kier molecular flexibility index (Phi) is 3.70. The van der Waals surface area contributed by atoms with Crippen LogP contribution in [0, 0.1) is 11.3 Å². The number of hydrogen-bond donors (Lipinski definition) is 0. The van der Waals surface area contributed by atoms with Crippen LogP contribution in [0.2, 0.25) is 0 Å². The molecule has 0 aromatic heterocycles. The van der Waals surface area contributed by atoms with Gasteiger partial charge in [-0.1, -0.05) is 15.9 Å². The van der Waals surface area contributed by atoms with Crippen LogP contribution in [0.15, 0.2) is 32.0 Å². The first kappa shape index (κ1) is 11.7. The summed E-state index contributed by atoms with van der Waals surface area (Å²) in [6.45, 7) is 0. The van der Waals surface area contributed by atoms with Crippen LogP contribution in [-0.4, -0.2) is 14.2 Å². The van der Waals surface area contributed by atoms with Crippen LogP contribution < -0.4 is 0 Å². The molecule has 0 amide bonds. The lowest BCUT2D eigenvalue weighted by Gasteiger charge is -2.03. The van der Waals surface area contributed by atoms with Gasteiger partial charge in [-0.2, -0.15) is 5.26 Å². The molecule has 14 heavy (non-hydrogen) atoms. The minimum Gasteiger partial charge on any atom is -0.223 e. The molecule has 0 aliphatic carbocycles. The zero-order valence-corrected chi connectivity index (χ0v) is 10.9. The number of hydrogen-bond acceptors (Lipinski definition) is 3. The van der Waals surface area contributed by atoms with Gasteiger partial charge in [-0.05, 0) is 34.1 Å². The lowest BCUT2D eigenvalue weighted by molar-refractivity contribution is 0.599. The third-order valence-electron chi connectivity index (χ3n) is 1.48. The van der Waals surface area contributed by atoms with Crippen molar-refractivity contribution in [1.82, 2.24) is 0 Å². The van der Waals surface area contributed by atoms with Gasteiger partial charge >= 0.3 is 0 Å². The second kappa shape index (κ2) is 4.43. The fourth-order valence-corrected chi connectivity index (χ4v) is 3.37. The van der Waals surface area contributed by atoms with E-state index in [0.29, 0.717) is 8.95 Å². The maximum atomic E-state index is 11.5. The van der Waals surface area contributed by atoms with Crippen LogP contribution in [0.3, 0.4) is 0 Å². The average molecular weight is 339 g/mol. The summed E-state index contributed by atoms with van der Waals surface area (Å²) in [5, 5.41) is 8.37. The molecule has 0 heterocycles. The Morgan fingerprint density at radius 1 is 1.36 bits per heavy atom. The molecule has 0 fully saturated rings. The first-order valence-corrected chi connectivity index (χ1v) is 6.76. The van der Waals surface area contributed by atoms with Crippen LogP contribution in [0.25, 0.3) is 0 Å². The van der Waals surface area contributed by atoms with Crippen LogP contribution in [0.1, 0.15) is 0 Å². The maximum absolute atomic E-state index is 11.5. The second-order valence-electron chi connectivity index (χ2n) is 2.49.